The standard InChI is InChI=1S/C23H18O8/c1-28-17-8-11(6-7-14(17)25)20-18(10-24)30-23-21-13(9-15(26)22(23)31-20)19(27)12-4-2-3-5-16(12)29-21/h2-9,18,20,24-26H,10H2,1H3. The Balaban J connectivity index is 1.70. The van der Waals surface area contributed by atoms with Gasteiger partial charge < -0.3 is 33.9 Å². The number of ether oxygens (including phenoxy) is 3. The highest BCUT2D eigenvalue weighted by Crippen LogP contribution is 2.49. The van der Waals surface area contributed by atoms with Crippen molar-refractivity contribution in [2.45, 2.75) is 12.2 Å². The monoisotopic (exact) mass is 422 g/mol. The molecule has 1 aliphatic rings. The topological polar surface area (TPSA) is 119 Å². The van der Waals surface area contributed by atoms with E-state index in [2.05, 4.69) is 0 Å². The number of phenols is 2. The SMILES string of the molecule is COc1cc(C2Oc3c(O)cc4c(=O)c5ccccc5oc4c3OC2CO)ccc1O. The molecule has 4 aromatic rings. The number of para-hydroxylation sites is 1. The van der Waals surface area contributed by atoms with E-state index in [1.165, 1.54) is 19.2 Å². The van der Waals surface area contributed by atoms with Crippen molar-refractivity contribution in [3.05, 3.63) is 64.3 Å². The number of phenolic OH excluding ortho intramolecular Hbond substituents is 2. The van der Waals surface area contributed by atoms with Crippen molar-refractivity contribution in [1.82, 2.24) is 0 Å². The number of aliphatic hydroxyl groups excluding tert-OH is 1. The number of fused-ring (bicyclic) bond motifs is 4. The van der Waals surface area contributed by atoms with Crippen LogP contribution in [0.25, 0.3) is 21.9 Å². The van der Waals surface area contributed by atoms with E-state index in [4.69, 9.17) is 18.6 Å². The summed E-state index contributed by atoms with van der Waals surface area (Å²) >= 11 is 0. The van der Waals surface area contributed by atoms with E-state index in [1.54, 1.807) is 36.4 Å². The third-order valence-electron chi connectivity index (χ3n) is 5.32. The summed E-state index contributed by atoms with van der Waals surface area (Å²) in [4.78, 5) is 12.9. The van der Waals surface area contributed by atoms with Gasteiger partial charge in [0.05, 0.1) is 24.5 Å². The molecule has 3 N–H and O–H groups in total. The Labute approximate surface area is 175 Å². The fraction of sp³-hybridized carbons (Fsp3) is 0.174. The first-order valence-corrected chi connectivity index (χ1v) is 9.54. The molecule has 5 rings (SSSR count). The van der Waals surface area contributed by atoms with Gasteiger partial charge in [0.25, 0.3) is 0 Å². The number of benzene rings is 3. The Kier molecular flexibility index (Phi) is 4.37. The first kappa shape index (κ1) is 19.1. The van der Waals surface area contributed by atoms with Crippen molar-refractivity contribution in [2.75, 3.05) is 13.7 Å². The molecule has 0 saturated heterocycles. The molecule has 1 aliphatic heterocycles. The van der Waals surface area contributed by atoms with E-state index >= 15 is 0 Å². The van der Waals surface area contributed by atoms with Crippen LogP contribution in [0, 0.1) is 0 Å². The van der Waals surface area contributed by atoms with Gasteiger partial charge >= 0.3 is 0 Å². The highest BCUT2D eigenvalue weighted by Gasteiger charge is 2.37. The number of aliphatic hydroxyl groups is 1. The van der Waals surface area contributed by atoms with E-state index in [0.717, 1.165) is 0 Å². The van der Waals surface area contributed by atoms with Gasteiger partial charge in [0.1, 0.15) is 5.58 Å². The summed E-state index contributed by atoms with van der Waals surface area (Å²) in [5, 5.41) is 30.9. The van der Waals surface area contributed by atoms with E-state index in [-0.39, 0.29) is 45.1 Å². The number of methoxy groups -OCH3 is 1. The molecule has 2 heterocycles. The van der Waals surface area contributed by atoms with Crippen molar-refractivity contribution in [3.63, 3.8) is 0 Å². The molecule has 0 spiro atoms. The third-order valence-corrected chi connectivity index (χ3v) is 5.32. The van der Waals surface area contributed by atoms with Crippen LogP contribution >= 0.6 is 0 Å². The second-order valence-corrected chi connectivity index (χ2v) is 7.17. The number of hydrogen-bond acceptors (Lipinski definition) is 8. The van der Waals surface area contributed by atoms with Crippen LogP contribution < -0.4 is 19.6 Å². The maximum atomic E-state index is 12.9. The van der Waals surface area contributed by atoms with E-state index in [9.17, 15) is 20.1 Å². The molecule has 3 aromatic carbocycles. The predicted octanol–water partition coefficient (Wildman–Crippen LogP) is 3.24. The molecule has 0 amide bonds. The molecule has 158 valence electrons. The second kappa shape index (κ2) is 7.10. The van der Waals surface area contributed by atoms with Crippen LogP contribution in [0.3, 0.4) is 0 Å². The van der Waals surface area contributed by atoms with E-state index < -0.39 is 18.8 Å². The van der Waals surface area contributed by atoms with Crippen molar-refractivity contribution in [1.29, 1.82) is 0 Å². The lowest BCUT2D eigenvalue weighted by Crippen LogP contribution is -2.36. The first-order valence-electron chi connectivity index (χ1n) is 9.54. The number of hydrogen-bond donors (Lipinski definition) is 3. The molecule has 0 radical (unpaired) electrons. The smallest absolute Gasteiger partial charge is 0.209 e. The maximum Gasteiger partial charge on any atom is 0.209 e. The van der Waals surface area contributed by atoms with Crippen LogP contribution in [0.15, 0.2) is 57.7 Å². The number of rotatable bonds is 3. The summed E-state index contributed by atoms with van der Waals surface area (Å²) in [6.07, 6.45) is -1.69. The van der Waals surface area contributed by atoms with Crippen LogP contribution in [0.5, 0.6) is 28.7 Å². The first-order chi connectivity index (χ1) is 15.0. The van der Waals surface area contributed by atoms with Gasteiger partial charge in [-0.05, 0) is 30.3 Å². The summed E-state index contributed by atoms with van der Waals surface area (Å²) in [5.41, 5.74) is 0.724. The highest BCUT2D eigenvalue weighted by molar-refractivity contribution is 5.95. The Morgan fingerprint density at radius 3 is 2.55 bits per heavy atom. The van der Waals surface area contributed by atoms with Gasteiger partial charge in [-0.15, -0.1) is 0 Å². The average molecular weight is 422 g/mol. The van der Waals surface area contributed by atoms with Gasteiger partial charge in [0, 0.05) is 5.56 Å². The molecule has 0 fully saturated rings. The molecule has 1 aromatic heterocycles. The Morgan fingerprint density at radius 1 is 0.968 bits per heavy atom. The van der Waals surface area contributed by atoms with Crippen LogP contribution in [0.4, 0.5) is 0 Å². The summed E-state index contributed by atoms with van der Waals surface area (Å²) < 4.78 is 23.1. The van der Waals surface area contributed by atoms with Crippen molar-refractivity contribution in [3.8, 4) is 28.7 Å². The van der Waals surface area contributed by atoms with Crippen molar-refractivity contribution >= 4 is 21.9 Å². The molecule has 0 aliphatic carbocycles. The molecule has 2 unspecified atom stereocenters. The van der Waals surface area contributed by atoms with E-state index in [0.29, 0.717) is 16.5 Å². The lowest BCUT2D eigenvalue weighted by Gasteiger charge is -2.33. The van der Waals surface area contributed by atoms with Gasteiger partial charge in [-0.1, -0.05) is 18.2 Å². The normalized spacial score (nSPS) is 17.7. The average Bonchev–Trinajstić information content (AvgIpc) is 2.80. The van der Waals surface area contributed by atoms with Crippen LogP contribution in [-0.2, 0) is 0 Å². The largest absolute Gasteiger partial charge is 0.504 e. The van der Waals surface area contributed by atoms with Crippen LogP contribution in [0.1, 0.15) is 11.7 Å². The maximum absolute atomic E-state index is 12.9. The molecule has 0 saturated carbocycles. The fourth-order valence-corrected chi connectivity index (χ4v) is 3.80. The van der Waals surface area contributed by atoms with Crippen LogP contribution in [0.2, 0.25) is 0 Å². The summed E-state index contributed by atoms with van der Waals surface area (Å²) in [5.74, 6) is -0.0843. The quantitative estimate of drug-likeness (QED) is 0.431. The minimum Gasteiger partial charge on any atom is -0.504 e. The molecule has 0 bridgehead atoms. The molecule has 31 heavy (non-hydrogen) atoms. The minimum absolute atomic E-state index is 0.00678. The highest BCUT2D eigenvalue weighted by atomic mass is 16.6. The lowest BCUT2D eigenvalue weighted by atomic mass is 10.0. The van der Waals surface area contributed by atoms with Gasteiger partial charge in [-0.3, -0.25) is 4.79 Å². The zero-order valence-electron chi connectivity index (χ0n) is 16.4. The van der Waals surface area contributed by atoms with Gasteiger partial charge in [0.15, 0.2) is 35.0 Å². The Hall–Kier alpha value is -3.91. The minimum atomic E-state index is -0.872. The molecule has 2 atom stereocenters. The predicted molar refractivity (Wildman–Crippen MR) is 111 cm³/mol. The van der Waals surface area contributed by atoms with Crippen molar-refractivity contribution < 1.29 is 33.9 Å². The molecular formula is C23H18O8. The van der Waals surface area contributed by atoms with Gasteiger partial charge in [-0.25, -0.2) is 0 Å². The molecule has 8 heteroatoms. The summed E-state index contributed by atoms with van der Waals surface area (Å²) in [7, 11) is 1.42. The summed E-state index contributed by atoms with van der Waals surface area (Å²) in [6, 6.07) is 12.6. The fourth-order valence-electron chi connectivity index (χ4n) is 3.80. The molecule has 8 nitrogen and oxygen atoms in total. The lowest BCUT2D eigenvalue weighted by molar-refractivity contribution is -0.0134. The number of aromatic hydroxyl groups is 2. The van der Waals surface area contributed by atoms with Gasteiger partial charge in [0.2, 0.25) is 16.9 Å². The van der Waals surface area contributed by atoms with Gasteiger partial charge in [-0.2, -0.15) is 0 Å². The van der Waals surface area contributed by atoms with E-state index in [1.807, 2.05) is 0 Å². The molecular weight excluding hydrogens is 404 g/mol. The summed E-state index contributed by atoms with van der Waals surface area (Å²) in [6.45, 7) is -0.414. The van der Waals surface area contributed by atoms with Crippen LogP contribution in [-0.4, -0.2) is 35.1 Å². The second-order valence-electron chi connectivity index (χ2n) is 7.17. The zero-order valence-corrected chi connectivity index (χ0v) is 16.4. The zero-order chi connectivity index (χ0) is 21.7. The Morgan fingerprint density at radius 2 is 1.77 bits per heavy atom. The third kappa shape index (κ3) is 2.91. The Bertz CT molecular complexity index is 1370. The van der Waals surface area contributed by atoms with Crippen molar-refractivity contribution in [2.24, 2.45) is 0 Å².